The largest absolute Gasteiger partial charge is 0.370 e. The number of piperidine rings is 1. The zero-order valence-corrected chi connectivity index (χ0v) is 10.1. The van der Waals surface area contributed by atoms with Crippen molar-refractivity contribution in [3.63, 3.8) is 0 Å². The molecule has 0 aliphatic carbocycles. The lowest BCUT2D eigenvalue weighted by molar-refractivity contribution is 0.138. The van der Waals surface area contributed by atoms with E-state index in [-0.39, 0.29) is 0 Å². The van der Waals surface area contributed by atoms with Crippen molar-refractivity contribution in [2.75, 3.05) is 31.1 Å². The van der Waals surface area contributed by atoms with Gasteiger partial charge in [-0.15, -0.1) is 0 Å². The molecule has 0 radical (unpaired) electrons. The minimum atomic E-state index is 0.525. The molecule has 0 unspecified atom stereocenters. The van der Waals surface area contributed by atoms with Crippen LogP contribution < -0.4 is 10.2 Å². The zero-order chi connectivity index (χ0) is 11.0. The highest BCUT2D eigenvalue weighted by Crippen LogP contribution is 2.37. The van der Waals surface area contributed by atoms with Gasteiger partial charge in [-0.25, -0.2) is 0 Å². The third kappa shape index (κ3) is 1.70. The van der Waals surface area contributed by atoms with Crippen molar-refractivity contribution in [2.45, 2.75) is 12.8 Å². The van der Waals surface area contributed by atoms with Crippen LogP contribution in [0.15, 0.2) is 24.3 Å². The Morgan fingerprint density at radius 1 is 1.25 bits per heavy atom. The average molecular weight is 237 g/mol. The number of anilines is 1. The number of halogens is 1. The molecule has 3 rings (SSSR count). The first-order valence-corrected chi connectivity index (χ1v) is 6.37. The minimum Gasteiger partial charge on any atom is -0.370 e. The Labute approximate surface area is 102 Å². The van der Waals surface area contributed by atoms with Gasteiger partial charge in [0.2, 0.25) is 0 Å². The van der Waals surface area contributed by atoms with E-state index in [0.29, 0.717) is 5.41 Å². The molecule has 16 heavy (non-hydrogen) atoms. The molecule has 2 heterocycles. The Balaban J connectivity index is 1.82. The first-order valence-electron chi connectivity index (χ1n) is 5.99. The van der Waals surface area contributed by atoms with Gasteiger partial charge in [0.15, 0.2) is 0 Å². The maximum Gasteiger partial charge on any atom is 0.0639 e. The van der Waals surface area contributed by atoms with Crippen molar-refractivity contribution in [1.29, 1.82) is 0 Å². The highest BCUT2D eigenvalue weighted by Gasteiger charge is 2.40. The fourth-order valence-electron chi connectivity index (χ4n) is 2.89. The van der Waals surface area contributed by atoms with Crippen LogP contribution in [0.25, 0.3) is 0 Å². The van der Waals surface area contributed by atoms with Gasteiger partial charge in [0.25, 0.3) is 0 Å². The van der Waals surface area contributed by atoms with Crippen molar-refractivity contribution in [3.05, 3.63) is 29.3 Å². The maximum absolute atomic E-state index is 6.25. The fraction of sp³-hybridized carbons (Fsp3) is 0.538. The van der Waals surface area contributed by atoms with E-state index in [1.807, 2.05) is 12.1 Å². The summed E-state index contributed by atoms with van der Waals surface area (Å²) in [7, 11) is 0. The second-order valence-corrected chi connectivity index (χ2v) is 5.49. The highest BCUT2D eigenvalue weighted by atomic mass is 35.5. The van der Waals surface area contributed by atoms with Gasteiger partial charge in [0.1, 0.15) is 0 Å². The topological polar surface area (TPSA) is 15.3 Å². The third-order valence-corrected chi connectivity index (χ3v) is 4.17. The summed E-state index contributed by atoms with van der Waals surface area (Å²) in [5.74, 6) is 0. The average Bonchev–Trinajstić information content (AvgIpc) is 2.28. The van der Waals surface area contributed by atoms with Crippen molar-refractivity contribution in [3.8, 4) is 0 Å². The molecule has 1 aromatic rings. The first-order chi connectivity index (χ1) is 7.79. The number of benzene rings is 1. The van der Waals surface area contributed by atoms with Crippen LogP contribution in [0.2, 0.25) is 5.02 Å². The molecule has 0 bridgehead atoms. The Morgan fingerprint density at radius 3 is 2.75 bits per heavy atom. The standard InChI is InChI=1S/C13H17ClN2/c14-11-4-1-2-5-12(11)16-7-3-6-13(10-16)8-15-9-13/h1-2,4-5,15H,3,6-10H2. The van der Waals surface area contributed by atoms with Gasteiger partial charge < -0.3 is 10.2 Å². The molecule has 3 heteroatoms. The lowest BCUT2D eigenvalue weighted by Crippen LogP contribution is -2.61. The summed E-state index contributed by atoms with van der Waals surface area (Å²) in [5, 5.41) is 4.28. The summed E-state index contributed by atoms with van der Waals surface area (Å²) in [6.07, 6.45) is 2.65. The van der Waals surface area contributed by atoms with Crippen LogP contribution >= 0.6 is 11.6 Å². The minimum absolute atomic E-state index is 0.525. The Bertz CT molecular complexity index is 387. The van der Waals surface area contributed by atoms with Gasteiger partial charge in [-0.1, -0.05) is 23.7 Å². The molecule has 0 aromatic heterocycles. The summed E-state index contributed by atoms with van der Waals surface area (Å²) < 4.78 is 0. The summed E-state index contributed by atoms with van der Waals surface area (Å²) in [6, 6.07) is 8.18. The summed E-state index contributed by atoms with van der Waals surface area (Å²) in [6.45, 7) is 4.65. The highest BCUT2D eigenvalue weighted by molar-refractivity contribution is 6.33. The predicted octanol–water partition coefficient (Wildman–Crippen LogP) is 2.53. The molecule has 1 spiro atoms. The lowest BCUT2D eigenvalue weighted by atomic mass is 9.75. The maximum atomic E-state index is 6.25. The molecule has 0 atom stereocenters. The van der Waals surface area contributed by atoms with Crippen molar-refractivity contribution < 1.29 is 0 Å². The molecule has 1 N–H and O–H groups in total. The van der Waals surface area contributed by atoms with Crippen LogP contribution in [0, 0.1) is 5.41 Å². The van der Waals surface area contributed by atoms with Crippen molar-refractivity contribution in [2.24, 2.45) is 5.41 Å². The second kappa shape index (κ2) is 3.94. The molecule has 0 amide bonds. The van der Waals surface area contributed by atoms with Gasteiger partial charge in [0.05, 0.1) is 10.7 Å². The van der Waals surface area contributed by atoms with Crippen LogP contribution in [0.3, 0.4) is 0 Å². The Morgan fingerprint density at radius 2 is 2.06 bits per heavy atom. The van der Waals surface area contributed by atoms with Gasteiger partial charge >= 0.3 is 0 Å². The monoisotopic (exact) mass is 236 g/mol. The van der Waals surface area contributed by atoms with E-state index >= 15 is 0 Å². The smallest absolute Gasteiger partial charge is 0.0639 e. The van der Waals surface area contributed by atoms with Crippen LogP contribution in [0.1, 0.15) is 12.8 Å². The zero-order valence-electron chi connectivity index (χ0n) is 9.38. The quantitative estimate of drug-likeness (QED) is 0.806. The Kier molecular flexibility index (Phi) is 2.56. The summed E-state index contributed by atoms with van der Waals surface area (Å²) in [5.41, 5.74) is 1.73. The van der Waals surface area contributed by atoms with E-state index in [0.717, 1.165) is 18.1 Å². The molecule has 2 saturated heterocycles. The SMILES string of the molecule is Clc1ccccc1N1CCCC2(CNC2)C1. The Hall–Kier alpha value is -0.730. The van der Waals surface area contributed by atoms with Gasteiger partial charge in [-0.05, 0) is 25.0 Å². The molecule has 0 saturated carbocycles. The van der Waals surface area contributed by atoms with Crippen LogP contribution in [0.5, 0.6) is 0 Å². The van der Waals surface area contributed by atoms with Crippen LogP contribution in [-0.2, 0) is 0 Å². The van der Waals surface area contributed by atoms with Crippen molar-refractivity contribution in [1.82, 2.24) is 5.32 Å². The molecule has 1 aromatic carbocycles. The predicted molar refractivity (Wildman–Crippen MR) is 68.2 cm³/mol. The number of para-hydroxylation sites is 1. The number of nitrogens with one attached hydrogen (secondary N) is 1. The van der Waals surface area contributed by atoms with Gasteiger partial charge in [-0.2, -0.15) is 0 Å². The summed E-state index contributed by atoms with van der Waals surface area (Å²) >= 11 is 6.25. The third-order valence-electron chi connectivity index (χ3n) is 3.85. The fourth-order valence-corrected chi connectivity index (χ4v) is 3.14. The van der Waals surface area contributed by atoms with Crippen LogP contribution in [0.4, 0.5) is 5.69 Å². The summed E-state index contributed by atoms with van der Waals surface area (Å²) in [4.78, 5) is 2.45. The second-order valence-electron chi connectivity index (χ2n) is 5.08. The normalized spacial score (nSPS) is 23.2. The number of rotatable bonds is 1. The first kappa shape index (κ1) is 10.4. The molecule has 2 aliphatic rings. The molecule has 2 nitrogen and oxygen atoms in total. The molecular formula is C13H17ClN2. The van der Waals surface area contributed by atoms with Gasteiger partial charge in [0, 0.05) is 31.6 Å². The lowest BCUT2D eigenvalue weighted by Gasteiger charge is -2.50. The van der Waals surface area contributed by atoms with E-state index in [9.17, 15) is 0 Å². The van der Waals surface area contributed by atoms with E-state index < -0.39 is 0 Å². The van der Waals surface area contributed by atoms with Crippen LogP contribution in [-0.4, -0.2) is 26.2 Å². The molecule has 2 aliphatic heterocycles. The number of hydrogen-bond acceptors (Lipinski definition) is 2. The van der Waals surface area contributed by atoms with E-state index in [2.05, 4.69) is 22.3 Å². The van der Waals surface area contributed by atoms with E-state index in [4.69, 9.17) is 11.6 Å². The molecule has 86 valence electrons. The molecular weight excluding hydrogens is 220 g/mol. The number of hydrogen-bond donors (Lipinski definition) is 1. The van der Waals surface area contributed by atoms with Crippen molar-refractivity contribution >= 4 is 17.3 Å². The molecule has 2 fully saturated rings. The number of nitrogens with zero attached hydrogens (tertiary/aromatic N) is 1. The van der Waals surface area contributed by atoms with E-state index in [1.165, 1.54) is 31.6 Å². The van der Waals surface area contributed by atoms with E-state index in [1.54, 1.807) is 0 Å². The van der Waals surface area contributed by atoms with Gasteiger partial charge in [-0.3, -0.25) is 0 Å².